The predicted octanol–water partition coefficient (Wildman–Crippen LogP) is 0.202. The summed E-state index contributed by atoms with van der Waals surface area (Å²) in [4.78, 5) is 13.3. The van der Waals surface area contributed by atoms with Crippen molar-refractivity contribution in [2.75, 3.05) is 29.2 Å². The summed E-state index contributed by atoms with van der Waals surface area (Å²) in [5.74, 6) is -0.884. The molecule has 6 heteroatoms. The van der Waals surface area contributed by atoms with Crippen molar-refractivity contribution in [1.82, 2.24) is 0 Å². The van der Waals surface area contributed by atoms with Crippen molar-refractivity contribution < 1.29 is 13.2 Å². The van der Waals surface area contributed by atoms with E-state index in [9.17, 15) is 13.2 Å². The molecule has 0 aromatic heterocycles. The summed E-state index contributed by atoms with van der Waals surface area (Å²) in [7, 11) is -3.31. The zero-order chi connectivity index (χ0) is 12.6. The van der Waals surface area contributed by atoms with Gasteiger partial charge >= 0.3 is 0 Å². The van der Waals surface area contributed by atoms with Crippen LogP contribution in [0.4, 0.5) is 11.4 Å². The van der Waals surface area contributed by atoms with Gasteiger partial charge in [-0.15, -0.1) is 0 Å². The molecule has 1 aliphatic heterocycles. The average molecular weight is 254 g/mol. The van der Waals surface area contributed by atoms with Gasteiger partial charge in [0, 0.05) is 12.8 Å². The SMILES string of the molecule is CS(=O)(=O)CC(=O)N1CCc2cccc(N)c21. The first-order chi connectivity index (χ1) is 7.88. The molecular formula is C11H14N2O3S. The Kier molecular flexibility index (Phi) is 2.82. The molecule has 5 nitrogen and oxygen atoms in total. The van der Waals surface area contributed by atoms with E-state index in [2.05, 4.69) is 0 Å². The van der Waals surface area contributed by atoms with E-state index < -0.39 is 21.5 Å². The fraction of sp³-hybridized carbons (Fsp3) is 0.364. The number of anilines is 2. The number of hydrogen-bond acceptors (Lipinski definition) is 4. The summed E-state index contributed by atoms with van der Waals surface area (Å²) in [6, 6.07) is 5.45. The first kappa shape index (κ1) is 11.9. The van der Waals surface area contributed by atoms with Gasteiger partial charge in [0.2, 0.25) is 5.91 Å². The van der Waals surface area contributed by atoms with Crippen molar-refractivity contribution in [3.8, 4) is 0 Å². The highest BCUT2D eigenvalue weighted by Crippen LogP contribution is 2.33. The summed E-state index contributed by atoms with van der Waals surface area (Å²) >= 11 is 0. The molecule has 0 atom stereocenters. The maximum Gasteiger partial charge on any atom is 0.242 e. The Bertz CT molecular complexity index is 566. The number of hydrogen-bond donors (Lipinski definition) is 1. The first-order valence-corrected chi connectivity index (χ1v) is 7.30. The van der Waals surface area contributed by atoms with E-state index in [4.69, 9.17) is 5.73 Å². The molecule has 1 amide bonds. The molecule has 0 fully saturated rings. The molecule has 2 N–H and O–H groups in total. The fourth-order valence-electron chi connectivity index (χ4n) is 2.04. The van der Waals surface area contributed by atoms with Gasteiger partial charge in [0.15, 0.2) is 9.84 Å². The van der Waals surface area contributed by atoms with Gasteiger partial charge in [0.1, 0.15) is 5.75 Å². The zero-order valence-corrected chi connectivity index (χ0v) is 10.3. The van der Waals surface area contributed by atoms with Crippen LogP contribution in [0.25, 0.3) is 0 Å². The number of carbonyl (C=O) groups is 1. The first-order valence-electron chi connectivity index (χ1n) is 5.24. The lowest BCUT2D eigenvalue weighted by Gasteiger charge is -2.18. The van der Waals surface area contributed by atoms with E-state index in [0.29, 0.717) is 17.9 Å². The van der Waals surface area contributed by atoms with E-state index in [0.717, 1.165) is 18.2 Å². The molecule has 0 saturated heterocycles. The molecule has 17 heavy (non-hydrogen) atoms. The van der Waals surface area contributed by atoms with Gasteiger partial charge in [-0.3, -0.25) is 4.79 Å². The summed E-state index contributed by atoms with van der Waals surface area (Å²) in [6.07, 6.45) is 1.77. The fourth-order valence-corrected chi connectivity index (χ4v) is 2.64. The molecule has 1 aliphatic rings. The van der Waals surface area contributed by atoms with Gasteiger partial charge in [0.05, 0.1) is 11.4 Å². The summed E-state index contributed by atoms with van der Waals surface area (Å²) in [6.45, 7) is 0.498. The van der Waals surface area contributed by atoms with Crippen molar-refractivity contribution in [1.29, 1.82) is 0 Å². The number of nitrogens with zero attached hydrogens (tertiary/aromatic N) is 1. The van der Waals surface area contributed by atoms with Crippen molar-refractivity contribution >= 4 is 27.1 Å². The predicted molar refractivity (Wildman–Crippen MR) is 66.6 cm³/mol. The minimum absolute atomic E-state index is 0.413. The number of para-hydroxylation sites is 1. The van der Waals surface area contributed by atoms with Crippen LogP contribution in [0.5, 0.6) is 0 Å². The number of rotatable bonds is 2. The Morgan fingerprint density at radius 1 is 1.47 bits per heavy atom. The van der Waals surface area contributed by atoms with Crippen LogP contribution in [0.2, 0.25) is 0 Å². The van der Waals surface area contributed by atoms with Crippen LogP contribution in [-0.2, 0) is 21.1 Å². The Morgan fingerprint density at radius 2 is 2.18 bits per heavy atom. The molecule has 0 aliphatic carbocycles. The lowest BCUT2D eigenvalue weighted by atomic mass is 10.1. The number of nitrogens with two attached hydrogens (primary N) is 1. The Labute approximate surface area is 100 Å². The quantitative estimate of drug-likeness (QED) is 0.765. The van der Waals surface area contributed by atoms with Gasteiger partial charge in [0.25, 0.3) is 0 Å². The van der Waals surface area contributed by atoms with Crippen LogP contribution >= 0.6 is 0 Å². The molecule has 0 saturated carbocycles. The summed E-state index contributed by atoms with van der Waals surface area (Å²) in [5, 5.41) is 0. The molecule has 0 radical (unpaired) electrons. The third kappa shape index (κ3) is 2.41. The molecule has 0 spiro atoms. The van der Waals surface area contributed by atoms with Crippen LogP contribution < -0.4 is 10.6 Å². The van der Waals surface area contributed by atoms with E-state index in [1.165, 1.54) is 4.90 Å². The highest BCUT2D eigenvalue weighted by atomic mass is 32.2. The van der Waals surface area contributed by atoms with Crippen molar-refractivity contribution in [3.05, 3.63) is 23.8 Å². The van der Waals surface area contributed by atoms with Crippen molar-refractivity contribution in [2.45, 2.75) is 6.42 Å². The lowest BCUT2D eigenvalue weighted by molar-refractivity contribution is -0.116. The van der Waals surface area contributed by atoms with Crippen LogP contribution in [0.1, 0.15) is 5.56 Å². The highest BCUT2D eigenvalue weighted by molar-refractivity contribution is 7.91. The van der Waals surface area contributed by atoms with Gasteiger partial charge in [-0.2, -0.15) is 0 Å². The lowest BCUT2D eigenvalue weighted by Crippen LogP contribution is -2.34. The van der Waals surface area contributed by atoms with Gasteiger partial charge in [-0.25, -0.2) is 8.42 Å². The third-order valence-corrected chi connectivity index (χ3v) is 3.48. The molecule has 1 aromatic rings. The third-order valence-electron chi connectivity index (χ3n) is 2.71. The second-order valence-electron chi connectivity index (χ2n) is 4.22. The Morgan fingerprint density at radius 3 is 2.82 bits per heavy atom. The van der Waals surface area contributed by atoms with Crippen molar-refractivity contribution in [3.63, 3.8) is 0 Å². The van der Waals surface area contributed by atoms with Crippen LogP contribution in [0.15, 0.2) is 18.2 Å². The van der Waals surface area contributed by atoms with Crippen LogP contribution in [0.3, 0.4) is 0 Å². The maximum atomic E-state index is 11.9. The smallest absolute Gasteiger partial charge is 0.242 e. The molecule has 0 bridgehead atoms. The molecule has 1 heterocycles. The molecule has 92 valence electrons. The molecule has 2 rings (SSSR count). The minimum atomic E-state index is -3.31. The average Bonchev–Trinajstić information content (AvgIpc) is 2.60. The topological polar surface area (TPSA) is 80.5 Å². The Hall–Kier alpha value is -1.56. The van der Waals surface area contributed by atoms with Crippen LogP contribution in [0, 0.1) is 0 Å². The standard InChI is InChI=1S/C11H14N2O3S/c1-17(15,16)7-10(14)13-6-5-8-3-2-4-9(12)11(8)13/h2-4H,5-7,12H2,1H3. The second kappa shape index (κ2) is 4.03. The number of nitrogen functional groups attached to an aromatic ring is 1. The monoisotopic (exact) mass is 254 g/mol. The normalized spacial score (nSPS) is 14.8. The van der Waals surface area contributed by atoms with E-state index in [1.54, 1.807) is 6.07 Å². The van der Waals surface area contributed by atoms with E-state index in [-0.39, 0.29) is 0 Å². The van der Waals surface area contributed by atoms with E-state index >= 15 is 0 Å². The van der Waals surface area contributed by atoms with Crippen molar-refractivity contribution in [2.24, 2.45) is 0 Å². The maximum absolute atomic E-state index is 11.9. The summed E-state index contributed by atoms with van der Waals surface area (Å²) in [5.41, 5.74) is 8.00. The number of fused-ring (bicyclic) bond motifs is 1. The number of sulfone groups is 1. The van der Waals surface area contributed by atoms with Gasteiger partial charge < -0.3 is 10.6 Å². The van der Waals surface area contributed by atoms with E-state index in [1.807, 2.05) is 12.1 Å². The number of benzene rings is 1. The minimum Gasteiger partial charge on any atom is -0.397 e. The summed E-state index contributed by atoms with van der Waals surface area (Å²) < 4.78 is 22.2. The largest absolute Gasteiger partial charge is 0.397 e. The highest BCUT2D eigenvalue weighted by Gasteiger charge is 2.28. The second-order valence-corrected chi connectivity index (χ2v) is 6.36. The van der Waals surface area contributed by atoms with Gasteiger partial charge in [-0.05, 0) is 18.1 Å². The van der Waals surface area contributed by atoms with Crippen LogP contribution in [-0.4, -0.2) is 32.9 Å². The molecule has 0 unspecified atom stereocenters. The molecule has 1 aromatic carbocycles. The zero-order valence-electron chi connectivity index (χ0n) is 9.51. The Balaban J connectivity index is 2.31. The van der Waals surface area contributed by atoms with Gasteiger partial charge in [-0.1, -0.05) is 12.1 Å². The number of carbonyl (C=O) groups excluding carboxylic acids is 1. The molecular weight excluding hydrogens is 240 g/mol. The number of amides is 1.